The summed E-state index contributed by atoms with van der Waals surface area (Å²) in [4.78, 5) is 19.6. The molecule has 2 amide bonds. The number of nitrogens with one attached hydrogen (secondary N) is 2. The second-order valence-electron chi connectivity index (χ2n) is 4.90. The molecule has 2 aromatic rings. The van der Waals surface area contributed by atoms with Gasteiger partial charge in [0.2, 0.25) is 0 Å². The molecule has 0 fully saturated rings. The van der Waals surface area contributed by atoms with E-state index in [0.717, 1.165) is 22.5 Å². The summed E-state index contributed by atoms with van der Waals surface area (Å²) in [6.45, 7) is 1.89. The quantitative estimate of drug-likeness (QED) is 0.851. The highest BCUT2D eigenvalue weighted by molar-refractivity contribution is 6.07. The first-order valence-electron chi connectivity index (χ1n) is 6.91. The summed E-state index contributed by atoms with van der Waals surface area (Å²) in [5.41, 5.74) is 5.95. The lowest BCUT2D eigenvalue weighted by molar-refractivity contribution is 0.239. The molecule has 6 heteroatoms. The maximum Gasteiger partial charge on any atom is 0.335 e. The van der Waals surface area contributed by atoms with E-state index in [1.165, 1.54) is 0 Å². The molecule has 0 aliphatic carbocycles. The highest BCUT2D eigenvalue weighted by Crippen LogP contribution is 2.15. The van der Waals surface area contributed by atoms with Gasteiger partial charge in [0, 0.05) is 29.7 Å². The summed E-state index contributed by atoms with van der Waals surface area (Å²) in [6.07, 6.45) is 5.25. The van der Waals surface area contributed by atoms with E-state index in [4.69, 9.17) is 0 Å². The first kappa shape index (κ1) is 13.9. The molecule has 0 saturated heterocycles. The van der Waals surface area contributed by atoms with Crippen molar-refractivity contribution in [3.05, 3.63) is 59.9 Å². The molecule has 0 saturated carbocycles. The normalized spacial score (nSPS) is 17.8. The Morgan fingerprint density at radius 1 is 1.23 bits per heavy atom. The average molecular weight is 293 g/mol. The second kappa shape index (κ2) is 6.17. The van der Waals surface area contributed by atoms with Crippen molar-refractivity contribution in [3.63, 3.8) is 0 Å². The van der Waals surface area contributed by atoms with Gasteiger partial charge in [-0.2, -0.15) is 5.10 Å². The van der Waals surface area contributed by atoms with Crippen molar-refractivity contribution in [1.29, 1.82) is 0 Å². The highest BCUT2D eigenvalue weighted by atomic mass is 16.2. The van der Waals surface area contributed by atoms with Crippen LogP contribution >= 0.6 is 0 Å². The number of aliphatic imine (C=N–C) groups is 1. The smallest absolute Gasteiger partial charge is 0.328 e. The van der Waals surface area contributed by atoms with E-state index in [9.17, 15) is 4.79 Å². The summed E-state index contributed by atoms with van der Waals surface area (Å²) in [6, 6.07) is 11.1. The van der Waals surface area contributed by atoms with Gasteiger partial charge in [0.15, 0.2) is 0 Å². The van der Waals surface area contributed by atoms with Gasteiger partial charge in [-0.15, -0.1) is 0 Å². The van der Waals surface area contributed by atoms with Crippen LogP contribution in [-0.4, -0.2) is 29.0 Å². The van der Waals surface area contributed by atoms with Crippen LogP contribution in [0.2, 0.25) is 0 Å². The van der Waals surface area contributed by atoms with Gasteiger partial charge in [-0.1, -0.05) is 18.2 Å². The van der Waals surface area contributed by atoms with Crippen LogP contribution in [0.1, 0.15) is 18.1 Å². The summed E-state index contributed by atoms with van der Waals surface area (Å²) in [5.74, 6) is 0. The number of aromatic nitrogens is 1. The van der Waals surface area contributed by atoms with Crippen LogP contribution < -0.4 is 10.7 Å². The van der Waals surface area contributed by atoms with Crippen LogP contribution in [0.15, 0.2) is 58.9 Å². The molecule has 6 nitrogen and oxygen atoms in total. The van der Waals surface area contributed by atoms with E-state index >= 15 is 0 Å². The zero-order valence-electron chi connectivity index (χ0n) is 12.0. The maximum absolute atomic E-state index is 11.2. The van der Waals surface area contributed by atoms with Gasteiger partial charge in [0.05, 0.1) is 17.4 Å². The second-order valence-corrected chi connectivity index (χ2v) is 4.90. The molecule has 0 radical (unpaired) electrons. The molecule has 1 aliphatic heterocycles. The Morgan fingerprint density at radius 3 is 2.73 bits per heavy atom. The molecule has 2 N–H and O–H groups in total. The van der Waals surface area contributed by atoms with Crippen molar-refractivity contribution in [2.45, 2.75) is 13.0 Å². The van der Waals surface area contributed by atoms with Crippen molar-refractivity contribution in [3.8, 4) is 0 Å². The Labute approximate surface area is 128 Å². The fourth-order valence-corrected chi connectivity index (χ4v) is 2.14. The summed E-state index contributed by atoms with van der Waals surface area (Å²) in [5, 5.41) is 6.86. The molecule has 110 valence electrons. The van der Waals surface area contributed by atoms with E-state index in [-0.39, 0.29) is 12.1 Å². The molecule has 0 spiro atoms. The summed E-state index contributed by atoms with van der Waals surface area (Å²) >= 11 is 0. The van der Waals surface area contributed by atoms with E-state index in [1.54, 1.807) is 18.6 Å². The molecule has 1 unspecified atom stereocenters. The SMILES string of the molecule is CC1NC(=O)NN=C1c1ccc(N=Cc2cccnc2)cc1. The third kappa shape index (κ3) is 3.17. The first-order valence-corrected chi connectivity index (χ1v) is 6.91. The molecule has 0 bridgehead atoms. The number of amides is 2. The molecule has 3 rings (SSSR count). The van der Waals surface area contributed by atoms with Crippen LogP contribution in [-0.2, 0) is 0 Å². The molecule has 1 aliphatic rings. The van der Waals surface area contributed by atoms with Crippen LogP contribution in [0.3, 0.4) is 0 Å². The number of urea groups is 1. The number of hydrogen-bond donors (Lipinski definition) is 2. The van der Waals surface area contributed by atoms with Crippen molar-refractivity contribution < 1.29 is 4.79 Å². The minimum Gasteiger partial charge on any atom is -0.328 e. The molecule has 1 aromatic heterocycles. The largest absolute Gasteiger partial charge is 0.335 e. The van der Waals surface area contributed by atoms with E-state index < -0.39 is 0 Å². The molecule has 22 heavy (non-hydrogen) atoms. The maximum atomic E-state index is 11.2. The Morgan fingerprint density at radius 2 is 2.05 bits per heavy atom. The lowest BCUT2D eigenvalue weighted by Crippen LogP contribution is -2.48. The number of rotatable bonds is 3. The van der Waals surface area contributed by atoms with Gasteiger partial charge in [0.25, 0.3) is 0 Å². The van der Waals surface area contributed by atoms with Crippen LogP contribution in [0.25, 0.3) is 0 Å². The number of carbonyl (C=O) groups excluding carboxylic acids is 1. The topological polar surface area (TPSA) is 78.7 Å². The zero-order valence-corrected chi connectivity index (χ0v) is 12.0. The Kier molecular flexibility index (Phi) is 3.91. The highest BCUT2D eigenvalue weighted by Gasteiger charge is 2.19. The Bertz CT molecular complexity index is 722. The summed E-state index contributed by atoms with van der Waals surface area (Å²) in [7, 11) is 0. The fraction of sp³-hybridized carbons (Fsp3) is 0.125. The van der Waals surface area contributed by atoms with Crippen LogP contribution in [0.5, 0.6) is 0 Å². The molecule has 2 heterocycles. The predicted molar refractivity (Wildman–Crippen MR) is 85.6 cm³/mol. The third-order valence-corrected chi connectivity index (χ3v) is 3.25. The predicted octanol–water partition coefficient (Wildman–Crippen LogP) is 2.24. The molecule has 1 atom stereocenters. The third-order valence-electron chi connectivity index (χ3n) is 3.25. The number of pyridine rings is 1. The number of benzene rings is 1. The fourth-order valence-electron chi connectivity index (χ4n) is 2.14. The van der Waals surface area contributed by atoms with Gasteiger partial charge >= 0.3 is 6.03 Å². The van der Waals surface area contributed by atoms with Gasteiger partial charge in [0.1, 0.15) is 0 Å². The Balaban J connectivity index is 1.76. The minimum absolute atomic E-state index is 0.126. The standard InChI is InChI=1S/C16H15N5O/c1-11-15(20-21-16(22)19-11)13-4-6-14(7-5-13)18-10-12-3-2-8-17-9-12/h2-11H,1H3,(H2,19,21,22). The monoisotopic (exact) mass is 293 g/mol. The van der Waals surface area contributed by atoms with E-state index in [0.29, 0.717) is 0 Å². The Hall–Kier alpha value is -3.02. The lowest BCUT2D eigenvalue weighted by Gasteiger charge is -2.21. The molecular weight excluding hydrogens is 278 g/mol. The van der Waals surface area contributed by atoms with Crippen molar-refractivity contribution in [2.75, 3.05) is 0 Å². The molecule has 1 aromatic carbocycles. The van der Waals surface area contributed by atoms with Crippen molar-refractivity contribution in [1.82, 2.24) is 15.7 Å². The number of hydrogen-bond acceptors (Lipinski definition) is 4. The minimum atomic E-state index is -0.283. The number of nitrogens with zero attached hydrogens (tertiary/aromatic N) is 3. The first-order chi connectivity index (χ1) is 10.7. The van der Waals surface area contributed by atoms with Gasteiger partial charge in [-0.25, -0.2) is 10.2 Å². The van der Waals surface area contributed by atoms with Crippen LogP contribution in [0, 0.1) is 0 Å². The number of carbonyl (C=O) groups is 1. The van der Waals surface area contributed by atoms with E-state index in [2.05, 4.69) is 25.8 Å². The van der Waals surface area contributed by atoms with Crippen molar-refractivity contribution in [2.24, 2.45) is 10.1 Å². The average Bonchev–Trinajstić information content (AvgIpc) is 2.55. The van der Waals surface area contributed by atoms with Crippen molar-refractivity contribution >= 4 is 23.6 Å². The number of hydrazone groups is 1. The van der Waals surface area contributed by atoms with E-state index in [1.807, 2.05) is 43.3 Å². The lowest BCUT2D eigenvalue weighted by atomic mass is 10.0. The summed E-state index contributed by atoms with van der Waals surface area (Å²) < 4.78 is 0. The molecular formula is C16H15N5O. The van der Waals surface area contributed by atoms with Gasteiger partial charge in [-0.3, -0.25) is 9.98 Å². The zero-order chi connectivity index (χ0) is 15.4. The van der Waals surface area contributed by atoms with Gasteiger partial charge in [-0.05, 0) is 25.1 Å². The van der Waals surface area contributed by atoms with Crippen LogP contribution in [0.4, 0.5) is 10.5 Å². The van der Waals surface area contributed by atoms with Gasteiger partial charge < -0.3 is 5.32 Å².